The van der Waals surface area contributed by atoms with Gasteiger partial charge >= 0.3 is 0 Å². The third-order valence-corrected chi connectivity index (χ3v) is 4.83. The van der Waals surface area contributed by atoms with Crippen LogP contribution >= 0.6 is 0 Å². The maximum atomic E-state index is 13.2. The molecule has 31 heavy (non-hydrogen) atoms. The maximum absolute atomic E-state index is 13.2. The minimum atomic E-state index is -0.279. The highest BCUT2D eigenvalue weighted by Crippen LogP contribution is 2.26. The van der Waals surface area contributed by atoms with E-state index in [-0.39, 0.29) is 11.8 Å². The molecule has 4 rings (SSSR count). The van der Waals surface area contributed by atoms with Gasteiger partial charge in [-0.15, -0.1) is 0 Å². The SMILES string of the molecule is CC(=O)Nc1cc(NC(=O)c2cn(-c3ccccc3)nc2-c2ccccc2)ccc1C. The van der Waals surface area contributed by atoms with E-state index in [0.717, 1.165) is 16.8 Å². The van der Waals surface area contributed by atoms with Crippen LogP contribution in [0.2, 0.25) is 0 Å². The van der Waals surface area contributed by atoms with E-state index in [1.165, 1.54) is 6.92 Å². The second-order valence-corrected chi connectivity index (χ2v) is 7.20. The third kappa shape index (κ3) is 4.53. The zero-order valence-corrected chi connectivity index (χ0v) is 17.3. The van der Waals surface area contributed by atoms with Crippen LogP contribution in [0.5, 0.6) is 0 Å². The summed E-state index contributed by atoms with van der Waals surface area (Å²) in [4.78, 5) is 24.7. The van der Waals surface area contributed by atoms with E-state index in [1.807, 2.05) is 79.7 Å². The highest BCUT2D eigenvalue weighted by atomic mass is 16.2. The van der Waals surface area contributed by atoms with Gasteiger partial charge in [-0.2, -0.15) is 5.10 Å². The molecule has 1 aromatic heterocycles. The number of nitrogens with one attached hydrogen (secondary N) is 2. The van der Waals surface area contributed by atoms with Gasteiger partial charge in [-0.1, -0.05) is 54.6 Å². The van der Waals surface area contributed by atoms with Crippen molar-refractivity contribution in [3.05, 3.63) is 96.2 Å². The molecule has 0 bridgehead atoms. The molecule has 0 aliphatic heterocycles. The number of rotatable bonds is 5. The summed E-state index contributed by atoms with van der Waals surface area (Å²) in [6, 6.07) is 24.7. The third-order valence-electron chi connectivity index (χ3n) is 4.83. The van der Waals surface area contributed by atoms with Gasteiger partial charge in [-0.25, -0.2) is 4.68 Å². The quantitative estimate of drug-likeness (QED) is 0.483. The lowest BCUT2D eigenvalue weighted by Crippen LogP contribution is -2.13. The van der Waals surface area contributed by atoms with E-state index < -0.39 is 0 Å². The van der Waals surface area contributed by atoms with Gasteiger partial charge in [0, 0.05) is 30.1 Å². The predicted molar refractivity (Wildman–Crippen MR) is 122 cm³/mol. The van der Waals surface area contributed by atoms with Crippen molar-refractivity contribution in [3.63, 3.8) is 0 Å². The Balaban J connectivity index is 1.70. The number of hydrogen-bond donors (Lipinski definition) is 2. The van der Waals surface area contributed by atoms with E-state index in [1.54, 1.807) is 16.9 Å². The summed E-state index contributed by atoms with van der Waals surface area (Å²) in [5, 5.41) is 10.4. The van der Waals surface area contributed by atoms with Crippen molar-refractivity contribution in [2.75, 3.05) is 10.6 Å². The molecule has 4 aromatic rings. The molecule has 6 heteroatoms. The molecule has 0 atom stereocenters. The molecule has 0 saturated carbocycles. The molecule has 154 valence electrons. The van der Waals surface area contributed by atoms with Gasteiger partial charge in [0.05, 0.1) is 11.3 Å². The normalized spacial score (nSPS) is 10.5. The Morgan fingerprint density at radius 3 is 2.23 bits per heavy atom. The molecule has 0 spiro atoms. The Bertz CT molecular complexity index is 1230. The second-order valence-electron chi connectivity index (χ2n) is 7.20. The fourth-order valence-corrected chi connectivity index (χ4v) is 3.28. The first-order valence-electron chi connectivity index (χ1n) is 9.91. The highest BCUT2D eigenvalue weighted by Gasteiger charge is 2.19. The van der Waals surface area contributed by atoms with E-state index in [2.05, 4.69) is 15.7 Å². The van der Waals surface area contributed by atoms with Crippen LogP contribution in [-0.4, -0.2) is 21.6 Å². The molecule has 0 aliphatic carbocycles. The molecule has 2 N–H and O–H groups in total. The number of hydrogen-bond acceptors (Lipinski definition) is 3. The molecule has 1 heterocycles. The van der Waals surface area contributed by atoms with E-state index >= 15 is 0 Å². The number of nitrogens with zero attached hydrogens (tertiary/aromatic N) is 2. The molecule has 6 nitrogen and oxygen atoms in total. The molecular weight excluding hydrogens is 388 g/mol. The molecular formula is C25H22N4O2. The number of benzene rings is 3. The van der Waals surface area contributed by atoms with Gasteiger partial charge in [-0.3, -0.25) is 9.59 Å². The van der Waals surface area contributed by atoms with Gasteiger partial charge < -0.3 is 10.6 Å². The topological polar surface area (TPSA) is 76.0 Å². The van der Waals surface area contributed by atoms with E-state index in [0.29, 0.717) is 22.6 Å². The molecule has 0 radical (unpaired) electrons. The lowest BCUT2D eigenvalue weighted by Gasteiger charge is -2.10. The fourth-order valence-electron chi connectivity index (χ4n) is 3.28. The van der Waals surface area contributed by atoms with Crippen molar-refractivity contribution in [1.29, 1.82) is 0 Å². The largest absolute Gasteiger partial charge is 0.326 e. The van der Waals surface area contributed by atoms with Crippen molar-refractivity contribution in [1.82, 2.24) is 9.78 Å². The lowest BCUT2D eigenvalue weighted by molar-refractivity contribution is -0.114. The van der Waals surface area contributed by atoms with Crippen molar-refractivity contribution in [2.24, 2.45) is 0 Å². The number of carbonyl (C=O) groups excluding carboxylic acids is 2. The minimum absolute atomic E-state index is 0.165. The first-order chi connectivity index (χ1) is 15.0. The highest BCUT2D eigenvalue weighted by molar-refractivity contribution is 6.08. The number of anilines is 2. The molecule has 2 amide bonds. The van der Waals surface area contributed by atoms with Gasteiger partial charge in [-0.05, 0) is 36.8 Å². The molecule has 0 saturated heterocycles. The smallest absolute Gasteiger partial charge is 0.259 e. The number of amides is 2. The van der Waals surface area contributed by atoms with Crippen LogP contribution in [0.4, 0.5) is 11.4 Å². The van der Waals surface area contributed by atoms with E-state index in [4.69, 9.17) is 0 Å². The number of carbonyl (C=O) groups is 2. The zero-order chi connectivity index (χ0) is 21.8. The Morgan fingerprint density at radius 2 is 1.55 bits per heavy atom. The van der Waals surface area contributed by atoms with Gasteiger partial charge in [0.2, 0.25) is 5.91 Å². The summed E-state index contributed by atoms with van der Waals surface area (Å²) in [5.74, 6) is -0.444. The summed E-state index contributed by atoms with van der Waals surface area (Å²) in [7, 11) is 0. The fraction of sp³-hybridized carbons (Fsp3) is 0.0800. The molecule has 0 unspecified atom stereocenters. The Labute approximate surface area is 180 Å². The van der Waals surface area contributed by atoms with Crippen LogP contribution in [0.3, 0.4) is 0 Å². The molecule has 0 fully saturated rings. The summed E-state index contributed by atoms with van der Waals surface area (Å²) in [6.07, 6.45) is 1.73. The number of aromatic nitrogens is 2. The minimum Gasteiger partial charge on any atom is -0.326 e. The maximum Gasteiger partial charge on any atom is 0.259 e. The standard InChI is InChI=1S/C25H22N4O2/c1-17-13-14-20(15-23(17)26-18(2)30)27-25(31)22-16-29(21-11-7-4-8-12-21)28-24(22)19-9-5-3-6-10-19/h3-16H,1-2H3,(H,26,30)(H,27,31). The molecule has 0 aliphatic rings. The summed E-state index contributed by atoms with van der Waals surface area (Å²) in [6.45, 7) is 3.35. The van der Waals surface area contributed by atoms with Crippen molar-refractivity contribution in [2.45, 2.75) is 13.8 Å². The Kier molecular flexibility index (Phi) is 5.62. The summed E-state index contributed by atoms with van der Waals surface area (Å²) < 4.78 is 1.70. The summed E-state index contributed by atoms with van der Waals surface area (Å²) >= 11 is 0. The van der Waals surface area contributed by atoms with Crippen LogP contribution in [0.15, 0.2) is 85.1 Å². The van der Waals surface area contributed by atoms with E-state index in [9.17, 15) is 9.59 Å². The van der Waals surface area contributed by atoms with Crippen molar-refractivity contribution >= 4 is 23.2 Å². The van der Waals surface area contributed by atoms with Crippen LogP contribution in [0.1, 0.15) is 22.8 Å². The Morgan fingerprint density at radius 1 is 0.871 bits per heavy atom. The molecule has 3 aromatic carbocycles. The predicted octanol–water partition coefficient (Wildman–Crippen LogP) is 5.06. The van der Waals surface area contributed by atoms with Crippen LogP contribution < -0.4 is 10.6 Å². The average Bonchev–Trinajstić information content (AvgIpc) is 3.23. The van der Waals surface area contributed by atoms with Crippen molar-refractivity contribution in [3.8, 4) is 16.9 Å². The first kappa shape index (κ1) is 20.1. The average molecular weight is 410 g/mol. The lowest BCUT2D eigenvalue weighted by atomic mass is 10.1. The first-order valence-corrected chi connectivity index (χ1v) is 9.91. The van der Waals surface area contributed by atoms with Gasteiger partial charge in [0.15, 0.2) is 0 Å². The van der Waals surface area contributed by atoms with Crippen LogP contribution in [0, 0.1) is 6.92 Å². The summed E-state index contributed by atoms with van der Waals surface area (Å²) in [5.41, 5.74) is 4.93. The number of para-hydroxylation sites is 1. The Hall–Kier alpha value is -4.19. The zero-order valence-electron chi connectivity index (χ0n) is 17.3. The number of aryl methyl sites for hydroxylation is 1. The van der Waals surface area contributed by atoms with Crippen molar-refractivity contribution < 1.29 is 9.59 Å². The monoisotopic (exact) mass is 410 g/mol. The van der Waals surface area contributed by atoms with Crippen LogP contribution in [-0.2, 0) is 4.79 Å². The van der Waals surface area contributed by atoms with Gasteiger partial charge in [0.1, 0.15) is 5.69 Å². The van der Waals surface area contributed by atoms with Gasteiger partial charge in [0.25, 0.3) is 5.91 Å². The second kappa shape index (κ2) is 8.67. The van der Waals surface area contributed by atoms with Crippen LogP contribution in [0.25, 0.3) is 16.9 Å².